The zero-order valence-corrected chi connectivity index (χ0v) is 18.8. The lowest BCUT2D eigenvalue weighted by atomic mass is 10.1. The van der Waals surface area contributed by atoms with E-state index >= 15 is 0 Å². The molecule has 184 valence electrons. The number of tetrazole rings is 1. The standard InChI is InChI=1S/C22H18F3N9O2/c1-33-18(7-8-35-19-6-5-16(10-26-19)22(23,24)25)17(11-28-33)21-30-20(31-36-21)15-4-2-3-14(9-15)12-34-29-13-27-32-34/h2-6,9-11,13H,7-8,12H2,1H3. The van der Waals surface area contributed by atoms with Gasteiger partial charge in [0.05, 0.1) is 36.2 Å². The highest BCUT2D eigenvalue weighted by atomic mass is 19.4. The van der Waals surface area contributed by atoms with Crippen molar-refractivity contribution in [3.8, 4) is 28.7 Å². The first-order valence-electron chi connectivity index (χ1n) is 10.7. The molecule has 5 rings (SSSR count). The summed E-state index contributed by atoms with van der Waals surface area (Å²) in [5.41, 5.74) is 2.24. The molecule has 0 spiro atoms. The van der Waals surface area contributed by atoms with Gasteiger partial charge in [0.2, 0.25) is 11.7 Å². The van der Waals surface area contributed by atoms with Crippen LogP contribution in [-0.4, -0.2) is 51.7 Å². The number of aromatic nitrogens is 9. The van der Waals surface area contributed by atoms with Gasteiger partial charge in [-0.15, -0.1) is 10.2 Å². The van der Waals surface area contributed by atoms with Crippen LogP contribution in [0.3, 0.4) is 0 Å². The Kier molecular flexibility index (Phi) is 6.14. The van der Waals surface area contributed by atoms with Crippen molar-refractivity contribution in [2.24, 2.45) is 7.05 Å². The van der Waals surface area contributed by atoms with Crippen molar-refractivity contribution in [2.75, 3.05) is 6.61 Å². The molecule has 0 saturated carbocycles. The Morgan fingerprint density at radius 2 is 1.97 bits per heavy atom. The molecule has 0 saturated heterocycles. The molecule has 0 amide bonds. The fraction of sp³-hybridized carbons (Fsp3) is 0.227. The molecular formula is C22H18F3N9O2. The highest BCUT2D eigenvalue weighted by Gasteiger charge is 2.30. The summed E-state index contributed by atoms with van der Waals surface area (Å²) in [4.78, 5) is 9.70. The maximum Gasteiger partial charge on any atom is 0.417 e. The van der Waals surface area contributed by atoms with Crippen LogP contribution in [0.1, 0.15) is 16.8 Å². The van der Waals surface area contributed by atoms with Gasteiger partial charge in [-0.05, 0) is 22.9 Å². The number of rotatable bonds is 8. The molecule has 36 heavy (non-hydrogen) atoms. The van der Waals surface area contributed by atoms with Crippen molar-refractivity contribution in [1.82, 2.24) is 45.1 Å². The predicted octanol–water partition coefficient (Wildman–Crippen LogP) is 3.21. The Balaban J connectivity index is 1.28. The molecule has 0 N–H and O–H groups in total. The molecule has 1 aromatic carbocycles. The van der Waals surface area contributed by atoms with Gasteiger partial charge in [-0.1, -0.05) is 23.4 Å². The second kappa shape index (κ2) is 9.56. The topological polar surface area (TPSA) is 122 Å². The summed E-state index contributed by atoms with van der Waals surface area (Å²) in [6.45, 7) is 0.601. The van der Waals surface area contributed by atoms with Crippen LogP contribution < -0.4 is 4.74 Å². The predicted molar refractivity (Wildman–Crippen MR) is 117 cm³/mol. The lowest BCUT2D eigenvalue weighted by molar-refractivity contribution is -0.137. The van der Waals surface area contributed by atoms with Crippen LogP contribution in [-0.2, 0) is 26.2 Å². The van der Waals surface area contributed by atoms with E-state index < -0.39 is 11.7 Å². The van der Waals surface area contributed by atoms with E-state index in [0.29, 0.717) is 24.4 Å². The Hall–Kier alpha value is -4.62. The van der Waals surface area contributed by atoms with Crippen LogP contribution in [0.5, 0.6) is 5.88 Å². The third kappa shape index (κ3) is 5.06. The van der Waals surface area contributed by atoms with Gasteiger partial charge in [0.25, 0.3) is 5.89 Å². The van der Waals surface area contributed by atoms with Gasteiger partial charge < -0.3 is 9.26 Å². The van der Waals surface area contributed by atoms with Crippen LogP contribution >= 0.6 is 0 Å². The van der Waals surface area contributed by atoms with E-state index in [0.717, 1.165) is 29.1 Å². The van der Waals surface area contributed by atoms with Crippen LogP contribution in [0.25, 0.3) is 22.8 Å². The van der Waals surface area contributed by atoms with Crippen molar-refractivity contribution < 1.29 is 22.4 Å². The molecule has 0 unspecified atom stereocenters. The number of pyridine rings is 1. The molecule has 4 aromatic heterocycles. The van der Waals surface area contributed by atoms with E-state index in [1.54, 1.807) is 17.9 Å². The minimum Gasteiger partial charge on any atom is -0.477 e. The third-order valence-corrected chi connectivity index (χ3v) is 5.27. The third-order valence-electron chi connectivity index (χ3n) is 5.27. The average molecular weight is 497 g/mol. The SMILES string of the molecule is Cn1ncc(-c2nc(-c3cccc(Cn4ncnn4)c3)no2)c1CCOc1ccc(C(F)(F)F)cn1. The van der Waals surface area contributed by atoms with E-state index in [2.05, 4.69) is 35.6 Å². The van der Waals surface area contributed by atoms with Crippen molar-refractivity contribution in [3.63, 3.8) is 0 Å². The summed E-state index contributed by atoms with van der Waals surface area (Å²) in [5.74, 6) is 0.773. The first kappa shape index (κ1) is 23.1. The first-order valence-corrected chi connectivity index (χ1v) is 10.7. The molecule has 14 heteroatoms. The summed E-state index contributed by atoms with van der Waals surface area (Å²) >= 11 is 0. The molecular weight excluding hydrogens is 479 g/mol. The highest BCUT2D eigenvalue weighted by molar-refractivity contribution is 5.61. The second-order valence-corrected chi connectivity index (χ2v) is 7.70. The number of hydrogen-bond donors (Lipinski definition) is 0. The summed E-state index contributed by atoms with van der Waals surface area (Å²) < 4.78 is 50.8. The fourth-order valence-electron chi connectivity index (χ4n) is 3.51. The summed E-state index contributed by atoms with van der Waals surface area (Å²) in [6, 6.07) is 9.69. The molecule has 0 aliphatic heterocycles. The Morgan fingerprint density at radius 3 is 2.72 bits per heavy atom. The summed E-state index contributed by atoms with van der Waals surface area (Å²) in [5, 5.41) is 19.9. The van der Waals surface area contributed by atoms with Gasteiger partial charge >= 0.3 is 6.18 Å². The zero-order valence-electron chi connectivity index (χ0n) is 18.8. The number of hydrogen-bond acceptors (Lipinski definition) is 9. The molecule has 0 aliphatic carbocycles. The molecule has 0 aliphatic rings. The van der Waals surface area contributed by atoms with Gasteiger partial charge in [0.15, 0.2) is 6.33 Å². The van der Waals surface area contributed by atoms with E-state index in [1.807, 2.05) is 24.3 Å². The number of nitrogens with zero attached hydrogens (tertiary/aromatic N) is 9. The monoisotopic (exact) mass is 497 g/mol. The summed E-state index contributed by atoms with van der Waals surface area (Å²) in [6.07, 6.45) is -0.357. The van der Waals surface area contributed by atoms with Gasteiger partial charge in [-0.3, -0.25) is 4.68 Å². The number of alkyl halides is 3. The van der Waals surface area contributed by atoms with Crippen molar-refractivity contribution in [1.29, 1.82) is 0 Å². The first-order chi connectivity index (χ1) is 17.4. The van der Waals surface area contributed by atoms with Crippen LogP contribution in [0, 0.1) is 0 Å². The van der Waals surface area contributed by atoms with Crippen molar-refractivity contribution in [2.45, 2.75) is 19.1 Å². The largest absolute Gasteiger partial charge is 0.477 e. The maximum absolute atomic E-state index is 12.7. The maximum atomic E-state index is 12.7. The molecule has 0 atom stereocenters. The van der Waals surface area contributed by atoms with Crippen molar-refractivity contribution in [3.05, 3.63) is 71.9 Å². The highest BCUT2D eigenvalue weighted by Crippen LogP contribution is 2.29. The van der Waals surface area contributed by atoms with Crippen molar-refractivity contribution >= 4 is 0 Å². The Labute approximate surface area is 201 Å². The lowest BCUT2D eigenvalue weighted by Crippen LogP contribution is -2.09. The minimum atomic E-state index is -4.45. The Bertz CT molecular complexity index is 1440. The normalized spacial score (nSPS) is 11.7. The molecule has 0 bridgehead atoms. The molecule has 0 fully saturated rings. The number of benzene rings is 1. The number of aryl methyl sites for hydroxylation is 1. The van der Waals surface area contributed by atoms with E-state index in [9.17, 15) is 13.2 Å². The van der Waals surface area contributed by atoms with Crippen LogP contribution in [0.4, 0.5) is 13.2 Å². The van der Waals surface area contributed by atoms with E-state index in [4.69, 9.17) is 9.26 Å². The summed E-state index contributed by atoms with van der Waals surface area (Å²) in [7, 11) is 1.76. The van der Waals surface area contributed by atoms with Crippen LogP contribution in [0.2, 0.25) is 0 Å². The zero-order chi connectivity index (χ0) is 25.1. The fourth-order valence-corrected chi connectivity index (χ4v) is 3.51. The van der Waals surface area contributed by atoms with Gasteiger partial charge in [-0.2, -0.15) is 28.1 Å². The molecule has 0 radical (unpaired) electrons. The smallest absolute Gasteiger partial charge is 0.417 e. The number of ether oxygens (including phenoxy) is 1. The quantitative estimate of drug-likeness (QED) is 0.318. The Morgan fingerprint density at radius 1 is 1.08 bits per heavy atom. The average Bonchev–Trinajstić information content (AvgIpc) is 3.61. The van der Waals surface area contributed by atoms with Gasteiger partial charge in [0, 0.05) is 31.3 Å². The lowest BCUT2D eigenvalue weighted by Gasteiger charge is -2.09. The minimum absolute atomic E-state index is 0.0905. The van der Waals surface area contributed by atoms with Crippen LogP contribution in [0.15, 0.2) is 59.6 Å². The van der Waals surface area contributed by atoms with E-state index in [1.165, 1.54) is 17.2 Å². The van der Waals surface area contributed by atoms with E-state index in [-0.39, 0.29) is 18.4 Å². The second-order valence-electron chi connectivity index (χ2n) is 7.70. The molecule has 4 heterocycles. The van der Waals surface area contributed by atoms with Gasteiger partial charge in [0.1, 0.15) is 0 Å². The molecule has 11 nitrogen and oxygen atoms in total. The number of halogens is 3. The van der Waals surface area contributed by atoms with Gasteiger partial charge in [-0.25, -0.2) is 4.98 Å². The molecule has 5 aromatic rings.